The number of thiazole rings is 1. The van der Waals surface area contributed by atoms with Gasteiger partial charge in [0.25, 0.3) is 11.8 Å². The molecule has 0 radical (unpaired) electrons. The van der Waals surface area contributed by atoms with E-state index >= 15 is 0 Å². The number of methoxy groups -OCH3 is 2. The van der Waals surface area contributed by atoms with Gasteiger partial charge < -0.3 is 59.3 Å². The number of aromatic nitrogens is 3. The van der Waals surface area contributed by atoms with E-state index in [0.717, 1.165) is 62.1 Å². The van der Waals surface area contributed by atoms with Gasteiger partial charge in [0.1, 0.15) is 42.5 Å². The van der Waals surface area contributed by atoms with Crippen LogP contribution in [0.5, 0.6) is 17.2 Å². The molecular weight excluding hydrogens is 1170 g/mol. The number of hydrogen-bond acceptors (Lipinski definition) is 18. The van der Waals surface area contributed by atoms with Gasteiger partial charge >= 0.3 is 0 Å². The molecular formula is C66H85N11O12S. The highest BCUT2D eigenvalue weighted by molar-refractivity contribution is 7.13. The van der Waals surface area contributed by atoms with Crippen LogP contribution < -0.4 is 40.5 Å². The fourth-order valence-electron chi connectivity index (χ4n) is 10.8. The van der Waals surface area contributed by atoms with Gasteiger partial charge in [-0.1, -0.05) is 45.0 Å². The van der Waals surface area contributed by atoms with Crippen LogP contribution >= 0.6 is 11.3 Å². The Morgan fingerprint density at radius 1 is 0.789 bits per heavy atom. The average molecular weight is 1260 g/mol. The minimum Gasteiger partial charge on any atom is -0.497 e. The minimum absolute atomic E-state index is 0.0341. The number of aryl methyl sites for hydroxylation is 3. The van der Waals surface area contributed by atoms with E-state index in [-0.39, 0.29) is 75.2 Å². The smallest absolute Gasteiger partial charge is 0.256 e. The summed E-state index contributed by atoms with van der Waals surface area (Å²) in [7, 11) is 3.25. The van der Waals surface area contributed by atoms with Crippen molar-refractivity contribution < 1.29 is 57.5 Å². The first-order valence-corrected chi connectivity index (χ1v) is 31.2. The Bertz CT molecular complexity index is 3320. The van der Waals surface area contributed by atoms with Crippen molar-refractivity contribution in [3.05, 3.63) is 136 Å². The molecule has 5 amide bonds. The number of nitrogens with zero attached hydrogens (tertiary/aromatic N) is 6. The number of aliphatic hydroxyl groups excluding tert-OH is 1. The summed E-state index contributed by atoms with van der Waals surface area (Å²) < 4.78 is 33.4. The summed E-state index contributed by atoms with van der Waals surface area (Å²) in [5.74, 6) is 0.724. The largest absolute Gasteiger partial charge is 0.497 e. The Morgan fingerprint density at radius 2 is 1.44 bits per heavy atom. The predicted octanol–water partition coefficient (Wildman–Crippen LogP) is 6.74. The van der Waals surface area contributed by atoms with Crippen LogP contribution in [0.3, 0.4) is 0 Å². The van der Waals surface area contributed by atoms with Crippen molar-refractivity contribution in [2.75, 3.05) is 96.9 Å². The number of rotatable bonds is 30. The molecule has 2 saturated heterocycles. The molecule has 0 unspecified atom stereocenters. The summed E-state index contributed by atoms with van der Waals surface area (Å²) in [5, 5.41) is 30.9. The number of benzene rings is 4. The standard InChI is InChI=1S/C66H85N11O12S/c1-42-36-75(52-20-17-50(18-21-52)63(81)70-58-32-51(72-73-58)19-10-47-30-55(84-8)34-56(31-47)85-9)37-43(2)76(42)39-59(79)74-68-35-46-11-22-54(23-12-46)89-29-28-87-25-24-86-26-27-88-40-60(80)71-62(66(5,6)7)65(83)77-38-53(78)33-57(77)64(82)69-44(3)48-13-15-49(16-14-48)61-45(4)67-41-90-61/h11-18,20-23,30-32,34-35,41-44,53,57,62,78H,10,19,24-29,33,36-40H2,1-9H3,(H,69,82)(H,71,80)(H,74,79)(H2,70,72,73,81)/b68-35+/t42-,43+,44-,53+,57-,62+/m0/s1. The van der Waals surface area contributed by atoms with Crippen molar-refractivity contribution in [3.8, 4) is 27.7 Å². The van der Waals surface area contributed by atoms with E-state index < -0.39 is 35.4 Å². The lowest BCUT2D eigenvalue weighted by atomic mass is 9.85. The van der Waals surface area contributed by atoms with Crippen LogP contribution in [-0.2, 0) is 46.2 Å². The van der Waals surface area contributed by atoms with Crippen molar-refractivity contribution in [1.82, 2.24) is 41.0 Å². The predicted molar refractivity (Wildman–Crippen MR) is 344 cm³/mol. The van der Waals surface area contributed by atoms with Gasteiger partial charge in [-0.2, -0.15) is 10.2 Å². The van der Waals surface area contributed by atoms with E-state index in [1.54, 1.807) is 31.8 Å². The third-order valence-electron chi connectivity index (χ3n) is 15.7. The maximum absolute atomic E-state index is 14.1. The Labute approximate surface area is 530 Å². The molecule has 4 heterocycles. The fourth-order valence-corrected chi connectivity index (χ4v) is 11.6. The number of ether oxygens (including phenoxy) is 6. The molecule has 23 nitrogen and oxygen atoms in total. The molecule has 0 saturated carbocycles. The number of H-pyrrole nitrogens is 1. The van der Waals surface area contributed by atoms with Crippen molar-refractivity contribution in [2.24, 2.45) is 10.5 Å². The van der Waals surface area contributed by atoms with Gasteiger partial charge in [-0.3, -0.25) is 34.0 Å². The summed E-state index contributed by atoms with van der Waals surface area (Å²) >= 11 is 1.57. The van der Waals surface area contributed by atoms with Crippen LogP contribution in [0.2, 0.25) is 0 Å². The number of aliphatic hydroxyl groups is 1. The third kappa shape index (κ3) is 19.4. The van der Waals surface area contributed by atoms with Gasteiger partial charge in [0.15, 0.2) is 5.82 Å². The highest BCUT2D eigenvalue weighted by atomic mass is 32.1. The molecule has 0 spiro atoms. The lowest BCUT2D eigenvalue weighted by Gasteiger charge is -2.45. The number of carbonyl (C=O) groups is 5. The van der Waals surface area contributed by atoms with E-state index in [1.807, 2.05) is 137 Å². The Kier molecular flexibility index (Phi) is 24.4. The van der Waals surface area contributed by atoms with Crippen LogP contribution in [0.25, 0.3) is 10.4 Å². The van der Waals surface area contributed by atoms with Crippen molar-refractivity contribution >= 4 is 58.6 Å². The monoisotopic (exact) mass is 1260 g/mol. The number of β-amino-alcohol motifs (C(OH)–C–C–N with tert-alkyl or cyclic N) is 1. The molecule has 24 heteroatoms. The molecule has 2 aliphatic heterocycles. The second-order valence-electron chi connectivity index (χ2n) is 23.6. The molecule has 8 rings (SSSR count). The van der Waals surface area contributed by atoms with E-state index in [2.05, 4.69) is 65.3 Å². The number of aromatic amines is 1. The van der Waals surface area contributed by atoms with Gasteiger partial charge in [0.05, 0.1) is 88.2 Å². The molecule has 482 valence electrons. The highest BCUT2D eigenvalue weighted by Crippen LogP contribution is 2.31. The minimum atomic E-state index is -0.989. The zero-order valence-electron chi connectivity index (χ0n) is 52.8. The van der Waals surface area contributed by atoms with Gasteiger partial charge in [0, 0.05) is 67.2 Å². The van der Waals surface area contributed by atoms with Crippen molar-refractivity contribution in [1.29, 1.82) is 0 Å². The van der Waals surface area contributed by atoms with Gasteiger partial charge in [-0.25, -0.2) is 10.4 Å². The number of hydrogen-bond donors (Lipinski definition) is 6. The molecule has 2 aromatic heterocycles. The molecule has 0 bridgehead atoms. The number of hydrazone groups is 1. The number of anilines is 2. The fraction of sp³-hybridized carbons (Fsp3) is 0.455. The molecule has 6 aromatic rings. The van der Waals surface area contributed by atoms with Gasteiger partial charge in [-0.05, 0) is 129 Å². The van der Waals surface area contributed by atoms with Crippen LogP contribution in [-0.4, -0.2) is 183 Å². The van der Waals surface area contributed by atoms with Crippen molar-refractivity contribution in [2.45, 2.75) is 104 Å². The number of piperazine rings is 1. The second kappa shape index (κ2) is 32.5. The Balaban J connectivity index is 0.653. The SMILES string of the molecule is COc1cc(CCc2cc(NC(=O)c3ccc(N4C[C@@H](C)N(CC(=O)N/N=C/c5ccc(OCCOCCOCCOCC(=O)N[C@H](C(=O)N6C[C@H](O)C[C@H]6C(=O)N[C@@H](C)c6ccc(-c7scnc7C)cc6)C(C)(C)C)cc5)[C@@H](C)C4)cc3)n[nH]2)cc(OC)c1. The molecule has 0 aliphatic carbocycles. The first kappa shape index (κ1) is 67.7. The first-order valence-electron chi connectivity index (χ1n) is 30.3. The number of nitrogens with one attached hydrogen (secondary N) is 5. The first-order chi connectivity index (χ1) is 43.2. The van der Waals surface area contributed by atoms with Crippen LogP contribution in [0.4, 0.5) is 11.5 Å². The van der Waals surface area contributed by atoms with E-state index in [0.29, 0.717) is 63.1 Å². The zero-order chi connectivity index (χ0) is 64.3. The van der Waals surface area contributed by atoms with Gasteiger partial charge in [-0.15, -0.1) is 11.3 Å². The maximum atomic E-state index is 14.1. The molecule has 6 atom stereocenters. The van der Waals surface area contributed by atoms with Crippen LogP contribution in [0.1, 0.15) is 92.4 Å². The summed E-state index contributed by atoms with van der Waals surface area (Å²) in [6, 6.07) is 28.2. The summed E-state index contributed by atoms with van der Waals surface area (Å²) in [6.07, 6.45) is 2.18. The maximum Gasteiger partial charge on any atom is 0.256 e. The lowest BCUT2D eigenvalue weighted by Crippen LogP contribution is -2.58. The lowest BCUT2D eigenvalue weighted by molar-refractivity contribution is -0.144. The summed E-state index contributed by atoms with van der Waals surface area (Å²) in [4.78, 5) is 78.2. The van der Waals surface area contributed by atoms with E-state index in [4.69, 9.17) is 28.4 Å². The second-order valence-corrected chi connectivity index (χ2v) is 24.5. The van der Waals surface area contributed by atoms with E-state index in [9.17, 15) is 29.1 Å². The number of likely N-dealkylation sites (tertiary alicyclic amines) is 1. The highest BCUT2D eigenvalue weighted by Gasteiger charge is 2.45. The Morgan fingerprint density at radius 3 is 2.08 bits per heavy atom. The topological polar surface area (TPSA) is 273 Å². The summed E-state index contributed by atoms with van der Waals surface area (Å²) in [6.45, 7) is 16.3. The van der Waals surface area contributed by atoms with Crippen LogP contribution in [0, 0.1) is 12.3 Å². The normalized spacial score (nSPS) is 17.6. The van der Waals surface area contributed by atoms with Gasteiger partial charge in [0.2, 0.25) is 17.7 Å². The zero-order valence-corrected chi connectivity index (χ0v) is 53.6. The Hall–Kier alpha value is -8.26. The quantitative estimate of drug-likeness (QED) is 0.0155. The molecule has 2 aliphatic rings. The van der Waals surface area contributed by atoms with E-state index in [1.165, 1.54) is 4.90 Å². The third-order valence-corrected chi connectivity index (χ3v) is 16.7. The van der Waals surface area contributed by atoms with Crippen molar-refractivity contribution in [3.63, 3.8) is 0 Å². The number of carbonyl (C=O) groups excluding carboxylic acids is 5. The average Bonchev–Trinajstić information content (AvgIpc) is 1.57. The molecule has 2 fully saturated rings. The molecule has 4 aromatic carbocycles. The summed E-state index contributed by atoms with van der Waals surface area (Å²) in [5.41, 5.74) is 10.9. The molecule has 6 N–H and O–H groups in total. The van der Waals surface area contributed by atoms with Crippen LogP contribution in [0.15, 0.2) is 108 Å². The number of amides is 5. The molecule has 90 heavy (non-hydrogen) atoms.